The van der Waals surface area contributed by atoms with Crippen LogP contribution in [0.25, 0.3) is 0 Å². The summed E-state index contributed by atoms with van der Waals surface area (Å²) in [7, 11) is 0. The fraction of sp³-hybridized carbons (Fsp3) is 0.333. The summed E-state index contributed by atoms with van der Waals surface area (Å²) in [6, 6.07) is 7.09. The van der Waals surface area contributed by atoms with Gasteiger partial charge in [0.05, 0.1) is 17.5 Å². The van der Waals surface area contributed by atoms with Crippen molar-refractivity contribution >= 4 is 5.91 Å². The molecule has 1 aromatic heterocycles. The molecule has 0 bridgehead atoms. The topological polar surface area (TPSA) is 102 Å². The lowest BCUT2D eigenvalue weighted by molar-refractivity contribution is -0.274. The Labute approximate surface area is 153 Å². The minimum Gasteiger partial charge on any atom is -0.406 e. The number of benzene rings is 1. The minimum absolute atomic E-state index is 0.223. The number of carbonyl (C=O) groups excluding carboxylic acids is 1. The van der Waals surface area contributed by atoms with Crippen LogP contribution in [-0.4, -0.2) is 22.2 Å². The number of amides is 1. The number of aryl methyl sites for hydroxylation is 1. The number of hydrogen-bond acceptors (Lipinski definition) is 5. The van der Waals surface area contributed by atoms with Crippen LogP contribution in [0.1, 0.15) is 42.1 Å². The normalized spacial score (nSPS) is 12.2. The number of nitriles is 1. The van der Waals surface area contributed by atoms with Gasteiger partial charge in [-0.25, -0.2) is 0 Å². The highest BCUT2D eigenvalue weighted by atomic mass is 19.4. The van der Waals surface area contributed by atoms with Gasteiger partial charge in [0.1, 0.15) is 11.7 Å². The maximum atomic E-state index is 12.4. The van der Waals surface area contributed by atoms with Gasteiger partial charge in [-0.2, -0.15) is 5.26 Å². The van der Waals surface area contributed by atoms with Crippen molar-refractivity contribution in [1.82, 2.24) is 9.97 Å². The number of halogens is 3. The Morgan fingerprint density at radius 2 is 2.04 bits per heavy atom. The van der Waals surface area contributed by atoms with Crippen LogP contribution in [-0.2, 0) is 11.2 Å². The first-order valence-corrected chi connectivity index (χ1v) is 8.13. The number of aromatic nitrogens is 2. The van der Waals surface area contributed by atoms with Crippen LogP contribution in [0.3, 0.4) is 0 Å². The molecule has 0 aliphatic heterocycles. The molecular weight excluding hydrogens is 361 g/mol. The van der Waals surface area contributed by atoms with Crippen LogP contribution >= 0.6 is 0 Å². The summed E-state index contributed by atoms with van der Waals surface area (Å²) in [6.07, 6.45) is 0.651. The van der Waals surface area contributed by atoms with Gasteiger partial charge >= 0.3 is 6.36 Å². The summed E-state index contributed by atoms with van der Waals surface area (Å²) < 4.78 is 41.1. The molecule has 0 saturated carbocycles. The number of nitrogens with zero attached hydrogens (tertiary/aromatic N) is 3. The second-order valence-corrected chi connectivity index (χ2v) is 5.75. The Hall–Kier alpha value is -3.15. The van der Waals surface area contributed by atoms with Gasteiger partial charge in [0.15, 0.2) is 0 Å². The lowest BCUT2D eigenvalue weighted by Crippen LogP contribution is -2.24. The molecule has 0 spiro atoms. The average Bonchev–Trinajstić information content (AvgIpc) is 2.59. The molecule has 1 aromatic carbocycles. The van der Waals surface area contributed by atoms with Gasteiger partial charge in [-0.05, 0) is 37.0 Å². The van der Waals surface area contributed by atoms with E-state index in [0.717, 1.165) is 25.0 Å². The third-order valence-electron chi connectivity index (χ3n) is 3.70. The number of rotatable bonds is 8. The van der Waals surface area contributed by atoms with E-state index in [1.54, 1.807) is 0 Å². The smallest absolute Gasteiger partial charge is 0.406 e. The molecule has 1 unspecified atom stereocenters. The van der Waals surface area contributed by atoms with Crippen LogP contribution in [0, 0.1) is 11.3 Å². The fourth-order valence-electron chi connectivity index (χ4n) is 2.53. The second kappa shape index (κ2) is 8.98. The van der Waals surface area contributed by atoms with E-state index in [9.17, 15) is 18.0 Å². The number of hydrogen-bond donors (Lipinski definition) is 1. The quantitative estimate of drug-likeness (QED) is 0.711. The predicted octanol–water partition coefficient (Wildman–Crippen LogP) is 3.23. The van der Waals surface area contributed by atoms with Crippen LogP contribution in [0.15, 0.2) is 36.7 Å². The molecule has 2 aromatic rings. The van der Waals surface area contributed by atoms with Crippen molar-refractivity contribution in [1.29, 1.82) is 5.26 Å². The fourth-order valence-corrected chi connectivity index (χ4v) is 2.53. The largest absolute Gasteiger partial charge is 0.573 e. The lowest BCUT2D eigenvalue weighted by Gasteiger charge is -2.15. The first-order valence-electron chi connectivity index (χ1n) is 8.13. The van der Waals surface area contributed by atoms with E-state index in [4.69, 9.17) is 11.0 Å². The molecule has 2 N–H and O–H groups in total. The molecule has 6 nitrogen and oxygen atoms in total. The molecule has 0 fully saturated rings. The zero-order chi connectivity index (χ0) is 19.9. The van der Waals surface area contributed by atoms with E-state index in [0.29, 0.717) is 18.5 Å². The lowest BCUT2D eigenvalue weighted by atomic mass is 9.95. The molecule has 142 valence electrons. The highest BCUT2D eigenvalue weighted by Gasteiger charge is 2.31. The average molecular weight is 378 g/mol. The molecule has 0 aliphatic carbocycles. The van der Waals surface area contributed by atoms with Crippen LogP contribution in [0.2, 0.25) is 0 Å². The van der Waals surface area contributed by atoms with E-state index < -0.39 is 23.9 Å². The van der Waals surface area contributed by atoms with Gasteiger partial charge in [-0.1, -0.05) is 12.1 Å². The van der Waals surface area contributed by atoms with Crippen molar-refractivity contribution in [3.63, 3.8) is 0 Å². The predicted molar refractivity (Wildman–Crippen MR) is 89.4 cm³/mol. The van der Waals surface area contributed by atoms with Crippen LogP contribution in [0.4, 0.5) is 13.2 Å². The minimum atomic E-state index is -4.84. The van der Waals surface area contributed by atoms with E-state index in [1.807, 2.05) is 0 Å². The number of carbonyl (C=O) groups is 1. The summed E-state index contributed by atoms with van der Waals surface area (Å²) in [5.41, 5.74) is 6.57. The molecule has 0 radical (unpaired) electrons. The van der Waals surface area contributed by atoms with E-state index in [1.165, 1.54) is 24.5 Å². The summed E-state index contributed by atoms with van der Waals surface area (Å²) in [6.45, 7) is 0. The van der Waals surface area contributed by atoms with Crippen molar-refractivity contribution in [2.24, 2.45) is 5.73 Å². The van der Waals surface area contributed by atoms with Gasteiger partial charge in [0, 0.05) is 18.8 Å². The standard InChI is InChI=1S/C18H17F3N4O2/c19-18(20,21)27-14-7-4-5-12(9-14)16(17(23)26)15-11-24-13(10-25-15)6-2-1-3-8-22/h4-5,7,9-11,16H,1-3,6H2,(H2,23,26). The Morgan fingerprint density at radius 3 is 2.63 bits per heavy atom. The number of nitrogens with two attached hydrogens (primary N) is 1. The van der Waals surface area contributed by atoms with E-state index in [2.05, 4.69) is 20.8 Å². The summed E-state index contributed by atoms with van der Waals surface area (Å²) in [5, 5.41) is 8.51. The second-order valence-electron chi connectivity index (χ2n) is 5.75. The maximum absolute atomic E-state index is 12.4. The third-order valence-corrected chi connectivity index (χ3v) is 3.70. The molecular formula is C18H17F3N4O2. The van der Waals surface area contributed by atoms with Crippen molar-refractivity contribution in [3.05, 3.63) is 53.6 Å². The van der Waals surface area contributed by atoms with E-state index >= 15 is 0 Å². The molecule has 1 atom stereocenters. The summed E-state index contributed by atoms with van der Waals surface area (Å²) in [4.78, 5) is 20.3. The van der Waals surface area contributed by atoms with Crippen LogP contribution in [0.5, 0.6) is 5.75 Å². The zero-order valence-electron chi connectivity index (χ0n) is 14.2. The molecule has 27 heavy (non-hydrogen) atoms. The molecule has 1 heterocycles. The Bertz CT molecular complexity index is 817. The number of unbranched alkanes of at least 4 members (excludes halogenated alkanes) is 2. The Morgan fingerprint density at radius 1 is 1.26 bits per heavy atom. The van der Waals surface area contributed by atoms with Gasteiger partial charge in [-0.3, -0.25) is 14.8 Å². The van der Waals surface area contributed by atoms with Gasteiger partial charge in [0.2, 0.25) is 5.91 Å². The molecule has 2 rings (SSSR count). The third kappa shape index (κ3) is 6.26. The number of primary amides is 1. The summed E-state index contributed by atoms with van der Waals surface area (Å²) in [5.74, 6) is -2.27. The molecule has 0 aliphatic rings. The maximum Gasteiger partial charge on any atom is 0.573 e. The monoisotopic (exact) mass is 378 g/mol. The van der Waals surface area contributed by atoms with Crippen molar-refractivity contribution < 1.29 is 22.7 Å². The Balaban J connectivity index is 2.19. The number of ether oxygens (including phenoxy) is 1. The van der Waals surface area contributed by atoms with Gasteiger partial charge in [0.25, 0.3) is 0 Å². The SMILES string of the molecule is N#CCCCCc1cnc(C(C(N)=O)c2cccc(OC(F)(F)F)c2)cn1. The van der Waals surface area contributed by atoms with Crippen molar-refractivity contribution in [2.75, 3.05) is 0 Å². The Kier molecular flexibility index (Phi) is 6.71. The van der Waals surface area contributed by atoms with Crippen molar-refractivity contribution in [3.8, 4) is 11.8 Å². The van der Waals surface area contributed by atoms with Gasteiger partial charge < -0.3 is 10.5 Å². The summed E-state index contributed by atoms with van der Waals surface area (Å²) >= 11 is 0. The molecule has 0 saturated heterocycles. The highest BCUT2D eigenvalue weighted by Crippen LogP contribution is 2.28. The van der Waals surface area contributed by atoms with Crippen molar-refractivity contribution in [2.45, 2.75) is 38.0 Å². The first-order chi connectivity index (χ1) is 12.8. The first kappa shape index (κ1) is 20.2. The molecule has 9 heteroatoms. The number of alkyl halides is 3. The zero-order valence-corrected chi connectivity index (χ0v) is 14.2. The van der Waals surface area contributed by atoms with Gasteiger partial charge in [-0.15, -0.1) is 13.2 Å². The molecule has 1 amide bonds. The van der Waals surface area contributed by atoms with E-state index in [-0.39, 0.29) is 11.3 Å². The highest BCUT2D eigenvalue weighted by molar-refractivity contribution is 5.85. The van der Waals surface area contributed by atoms with Crippen LogP contribution < -0.4 is 10.5 Å².